The van der Waals surface area contributed by atoms with Crippen molar-refractivity contribution in [3.63, 3.8) is 0 Å². The van der Waals surface area contributed by atoms with Gasteiger partial charge in [-0.1, -0.05) is 12.1 Å². The van der Waals surface area contributed by atoms with Gasteiger partial charge < -0.3 is 29.7 Å². The molecule has 0 bridgehead atoms. The van der Waals surface area contributed by atoms with Gasteiger partial charge >= 0.3 is 5.97 Å². The number of fused-ring (bicyclic) bond motifs is 1. The molecule has 0 saturated carbocycles. The third-order valence-electron chi connectivity index (χ3n) is 4.47. The van der Waals surface area contributed by atoms with Crippen molar-refractivity contribution in [2.45, 2.75) is 19.1 Å². The lowest BCUT2D eigenvalue weighted by atomic mass is 10.1. The van der Waals surface area contributed by atoms with Gasteiger partial charge in [-0.2, -0.15) is 0 Å². The molecule has 1 aliphatic heterocycles. The smallest absolute Gasteiger partial charge is 0.328 e. The first-order chi connectivity index (χ1) is 14.8. The molecule has 1 aliphatic rings. The van der Waals surface area contributed by atoms with Crippen molar-refractivity contribution < 1.29 is 38.8 Å². The van der Waals surface area contributed by atoms with Crippen LogP contribution in [0.4, 0.5) is 0 Å². The first-order valence-electron chi connectivity index (χ1n) is 9.34. The number of carbonyl (C=O) groups is 3. The van der Waals surface area contributed by atoms with Crippen molar-refractivity contribution in [3.05, 3.63) is 59.4 Å². The molecule has 2 aromatic rings. The predicted octanol–water partition coefficient (Wildman–Crippen LogP) is 1.64. The average Bonchev–Trinajstić information content (AvgIpc) is 3.04. The van der Waals surface area contributed by atoms with Crippen molar-refractivity contribution in [2.75, 3.05) is 13.7 Å². The molecule has 162 valence electrons. The summed E-state index contributed by atoms with van der Waals surface area (Å²) in [6.07, 6.45) is 0.330. The zero-order valence-corrected chi connectivity index (χ0v) is 16.8. The van der Waals surface area contributed by atoms with Crippen LogP contribution >= 0.6 is 0 Å². The Kier molecular flexibility index (Phi) is 6.56. The quantitative estimate of drug-likeness (QED) is 0.542. The number of aliphatic hydroxyl groups excluding tert-OH is 1. The minimum atomic E-state index is -1.44. The van der Waals surface area contributed by atoms with E-state index in [1.165, 1.54) is 25.1 Å². The molecule has 0 aromatic heterocycles. The van der Waals surface area contributed by atoms with Crippen LogP contribution in [-0.4, -0.2) is 53.7 Å². The maximum absolute atomic E-state index is 12.6. The van der Waals surface area contributed by atoms with Crippen molar-refractivity contribution in [1.82, 2.24) is 5.32 Å². The van der Waals surface area contributed by atoms with Gasteiger partial charge in [-0.05, 0) is 42.8 Å². The summed E-state index contributed by atoms with van der Waals surface area (Å²) in [6, 6.07) is 10.2. The number of aliphatic carboxylic acids is 1. The molecule has 1 amide bonds. The summed E-state index contributed by atoms with van der Waals surface area (Å²) >= 11 is 0. The van der Waals surface area contributed by atoms with Gasteiger partial charge in [0.05, 0.1) is 18.8 Å². The van der Waals surface area contributed by atoms with Crippen molar-refractivity contribution >= 4 is 23.7 Å². The third-order valence-corrected chi connectivity index (χ3v) is 4.47. The van der Waals surface area contributed by atoms with E-state index in [1.807, 2.05) is 0 Å². The number of benzene rings is 2. The minimum Gasteiger partial charge on any atom is -0.497 e. The predicted molar refractivity (Wildman–Crippen MR) is 109 cm³/mol. The molecule has 0 fully saturated rings. The molecule has 0 saturated heterocycles. The Morgan fingerprint density at radius 1 is 1.19 bits per heavy atom. The lowest BCUT2D eigenvalue weighted by Crippen LogP contribution is -2.49. The number of methoxy groups -OCH3 is 1. The monoisotopic (exact) mass is 427 g/mol. The zero-order valence-electron chi connectivity index (χ0n) is 16.8. The third kappa shape index (κ3) is 5.20. The number of hydrogen-bond donors (Lipinski definition) is 3. The van der Waals surface area contributed by atoms with Crippen LogP contribution in [0.15, 0.2) is 48.2 Å². The highest BCUT2D eigenvalue weighted by atomic mass is 16.5. The molecule has 9 nitrogen and oxygen atoms in total. The van der Waals surface area contributed by atoms with E-state index in [9.17, 15) is 19.5 Å². The van der Waals surface area contributed by atoms with Gasteiger partial charge in [0.2, 0.25) is 5.78 Å². The molecule has 0 aliphatic carbocycles. The summed E-state index contributed by atoms with van der Waals surface area (Å²) in [4.78, 5) is 35.5. The Morgan fingerprint density at radius 3 is 2.65 bits per heavy atom. The van der Waals surface area contributed by atoms with Gasteiger partial charge in [-0.25, -0.2) is 4.79 Å². The van der Waals surface area contributed by atoms with Crippen LogP contribution in [-0.2, 0) is 9.59 Å². The highest BCUT2D eigenvalue weighted by Gasteiger charge is 2.28. The minimum absolute atomic E-state index is 0.138. The molecule has 0 unspecified atom stereocenters. The van der Waals surface area contributed by atoms with E-state index >= 15 is 0 Å². The number of ketones is 1. The summed E-state index contributed by atoms with van der Waals surface area (Å²) < 4.78 is 16.2. The van der Waals surface area contributed by atoms with E-state index in [4.69, 9.17) is 19.3 Å². The number of carboxylic acid groups (broad SMARTS) is 1. The largest absolute Gasteiger partial charge is 0.497 e. The fourth-order valence-electron chi connectivity index (χ4n) is 2.89. The molecule has 3 N–H and O–H groups in total. The van der Waals surface area contributed by atoms with Gasteiger partial charge in [-0.15, -0.1) is 0 Å². The number of rotatable bonds is 8. The first kappa shape index (κ1) is 21.8. The van der Waals surface area contributed by atoms with Gasteiger partial charge in [0.25, 0.3) is 5.91 Å². The Bertz CT molecular complexity index is 1040. The van der Waals surface area contributed by atoms with Crippen molar-refractivity contribution in [3.8, 4) is 17.2 Å². The molecular formula is C22H21NO8. The van der Waals surface area contributed by atoms with E-state index in [0.717, 1.165) is 5.56 Å². The fourth-order valence-corrected chi connectivity index (χ4v) is 2.89. The second kappa shape index (κ2) is 9.31. The molecule has 31 heavy (non-hydrogen) atoms. The van der Waals surface area contributed by atoms with Crippen LogP contribution in [0.25, 0.3) is 6.08 Å². The van der Waals surface area contributed by atoms with E-state index < -0.39 is 30.6 Å². The van der Waals surface area contributed by atoms with Crippen LogP contribution < -0.4 is 19.5 Å². The number of ether oxygens (including phenoxy) is 3. The molecule has 2 aromatic carbocycles. The van der Waals surface area contributed by atoms with E-state index in [2.05, 4.69) is 5.32 Å². The number of nitrogens with one attached hydrogen (secondary N) is 1. The number of Topliss-reactive ketones (excluding diaryl/α,β-unsaturated/α-hetero) is 1. The molecule has 3 rings (SSSR count). The van der Waals surface area contributed by atoms with Crippen LogP contribution in [0.5, 0.6) is 17.2 Å². The number of carboxylic acids is 1. The second-order valence-electron chi connectivity index (χ2n) is 6.79. The highest BCUT2D eigenvalue weighted by Crippen LogP contribution is 2.35. The maximum Gasteiger partial charge on any atom is 0.328 e. The molecule has 2 atom stereocenters. The molecule has 0 spiro atoms. The fraction of sp³-hybridized carbons (Fsp3) is 0.227. The average molecular weight is 427 g/mol. The Labute approximate surface area is 177 Å². The van der Waals surface area contributed by atoms with Gasteiger partial charge in [0.1, 0.15) is 17.2 Å². The van der Waals surface area contributed by atoms with Crippen LogP contribution in [0.1, 0.15) is 22.8 Å². The second-order valence-corrected chi connectivity index (χ2v) is 6.79. The highest BCUT2D eigenvalue weighted by molar-refractivity contribution is 6.14. The number of carbonyl (C=O) groups excluding carboxylic acids is 2. The number of aliphatic hydroxyl groups is 1. The first-order valence-corrected chi connectivity index (χ1v) is 9.34. The van der Waals surface area contributed by atoms with E-state index in [0.29, 0.717) is 11.3 Å². The van der Waals surface area contributed by atoms with Crippen LogP contribution in [0.3, 0.4) is 0 Å². The zero-order chi connectivity index (χ0) is 22.5. The normalized spacial score (nSPS) is 15.6. The lowest BCUT2D eigenvalue weighted by molar-refractivity contribution is -0.145. The standard InChI is InChI=1S/C22H21NO8/c1-12(24)20(22(27)28)23-19(25)11-30-15-6-7-16-17(10-15)31-18(21(16)26)9-13-4-3-5-14(8-13)29-2/h3-10,12,20,24H,11H2,1-2H3,(H,23,25)(H,27,28)/t12-,20+/m0/s1. The van der Waals surface area contributed by atoms with Crippen LogP contribution in [0, 0.1) is 0 Å². The summed E-state index contributed by atoms with van der Waals surface area (Å²) in [6.45, 7) is 0.779. The van der Waals surface area contributed by atoms with E-state index in [-0.39, 0.29) is 23.0 Å². The SMILES string of the molecule is COc1cccc(C=C2Oc3cc(OCC(=O)N[C@@H](C(=O)O)[C@H](C)O)ccc3C2=O)c1. The summed E-state index contributed by atoms with van der Waals surface area (Å²) in [7, 11) is 1.55. The molecule has 1 heterocycles. The molecule has 0 radical (unpaired) electrons. The molecular weight excluding hydrogens is 406 g/mol. The lowest BCUT2D eigenvalue weighted by Gasteiger charge is -2.17. The molecule has 9 heteroatoms. The van der Waals surface area contributed by atoms with E-state index in [1.54, 1.807) is 37.5 Å². The summed E-state index contributed by atoms with van der Waals surface area (Å²) in [5, 5.41) is 20.6. The van der Waals surface area contributed by atoms with Gasteiger partial charge in [-0.3, -0.25) is 9.59 Å². The van der Waals surface area contributed by atoms with Gasteiger partial charge in [0.15, 0.2) is 18.4 Å². The van der Waals surface area contributed by atoms with Crippen molar-refractivity contribution in [1.29, 1.82) is 0 Å². The van der Waals surface area contributed by atoms with Gasteiger partial charge in [0, 0.05) is 6.07 Å². The topological polar surface area (TPSA) is 131 Å². The maximum atomic E-state index is 12.6. The number of hydrogen-bond acceptors (Lipinski definition) is 7. The summed E-state index contributed by atoms with van der Waals surface area (Å²) in [5.41, 5.74) is 1.08. The Hall–Kier alpha value is -3.85. The number of amides is 1. The number of allylic oxidation sites excluding steroid dienone is 1. The Morgan fingerprint density at radius 2 is 1.97 bits per heavy atom. The van der Waals surface area contributed by atoms with Crippen LogP contribution in [0.2, 0.25) is 0 Å². The summed E-state index contributed by atoms with van der Waals surface area (Å²) in [5.74, 6) is -1.04. The Balaban J connectivity index is 1.67. The van der Waals surface area contributed by atoms with Crippen molar-refractivity contribution in [2.24, 2.45) is 0 Å².